The zero-order chi connectivity index (χ0) is 31.5. The molecule has 0 atom stereocenters. The first kappa shape index (κ1) is 31.8. The van der Waals surface area contributed by atoms with Crippen molar-refractivity contribution in [2.75, 3.05) is 13.1 Å². The highest BCUT2D eigenvalue weighted by atomic mass is 32.1. The first-order chi connectivity index (χ1) is 21.1. The van der Waals surface area contributed by atoms with Gasteiger partial charge in [-0.15, -0.1) is 11.3 Å². The zero-order valence-electron chi connectivity index (χ0n) is 26.3. The van der Waals surface area contributed by atoms with Crippen LogP contribution in [0.5, 0.6) is 0 Å². The predicted octanol–water partition coefficient (Wildman–Crippen LogP) is 8.82. The third-order valence-corrected chi connectivity index (χ3v) is 9.43. The second kappa shape index (κ2) is 13.6. The van der Waals surface area contributed by atoms with Crippen molar-refractivity contribution in [2.24, 2.45) is 5.92 Å². The molecule has 44 heavy (non-hydrogen) atoms. The number of likely N-dealkylation sites (tertiary alicyclic amines) is 1. The fourth-order valence-electron chi connectivity index (χ4n) is 6.15. The lowest BCUT2D eigenvalue weighted by atomic mass is 9.96. The Kier molecular flexibility index (Phi) is 9.78. The molecule has 5 nitrogen and oxygen atoms in total. The highest BCUT2D eigenvalue weighted by Gasteiger charge is 2.29. The van der Waals surface area contributed by atoms with Crippen LogP contribution in [-0.2, 0) is 19.3 Å². The summed E-state index contributed by atoms with van der Waals surface area (Å²) in [6.07, 6.45) is 2.55. The number of hydrogen-bond acceptors (Lipinski definition) is 4. The summed E-state index contributed by atoms with van der Waals surface area (Å²) in [5, 5.41) is 0.519. The number of carbonyl (C=O) groups is 1. The molecule has 2 aromatic carbocycles. The molecule has 4 aromatic rings. The van der Waals surface area contributed by atoms with Crippen molar-refractivity contribution in [1.82, 2.24) is 14.5 Å². The number of piperidine rings is 1. The number of benzene rings is 2. The average molecular weight is 618 g/mol. The number of carbonyl (C=O) groups excluding carboxylic acids is 1. The van der Waals surface area contributed by atoms with Gasteiger partial charge in [0.25, 0.3) is 17.9 Å². The molecule has 0 N–H and O–H groups in total. The van der Waals surface area contributed by atoms with E-state index in [2.05, 4.69) is 39.8 Å². The molecule has 8 heteroatoms. The number of alkyl halides is 2. The molecule has 1 aliphatic rings. The summed E-state index contributed by atoms with van der Waals surface area (Å²) in [4.78, 5) is 36.8. The maximum absolute atomic E-state index is 14.8. The van der Waals surface area contributed by atoms with Crippen LogP contribution in [-0.4, -0.2) is 33.4 Å². The van der Waals surface area contributed by atoms with E-state index in [1.165, 1.54) is 23.5 Å². The Balaban J connectivity index is 1.79. The van der Waals surface area contributed by atoms with Crippen molar-refractivity contribution in [3.63, 3.8) is 0 Å². The Morgan fingerprint density at radius 2 is 1.61 bits per heavy atom. The predicted molar refractivity (Wildman–Crippen MR) is 175 cm³/mol. The summed E-state index contributed by atoms with van der Waals surface area (Å²) in [5.74, 6) is 0.168. The minimum Gasteiger partial charge on any atom is -0.339 e. The molecular weight excluding hydrogens is 576 g/mol. The van der Waals surface area contributed by atoms with Gasteiger partial charge >= 0.3 is 0 Å². The molecule has 0 unspecified atom stereocenters. The molecule has 5 rings (SSSR count). The van der Waals surface area contributed by atoms with Gasteiger partial charge in [0, 0.05) is 34.8 Å². The van der Waals surface area contributed by atoms with Crippen molar-refractivity contribution < 1.29 is 13.6 Å². The summed E-state index contributed by atoms with van der Waals surface area (Å²) < 4.78 is 28.2. The fraction of sp³-hybridized carbons (Fsp3) is 0.417. The first-order valence-corrected chi connectivity index (χ1v) is 16.5. The lowest BCUT2D eigenvalue weighted by molar-refractivity contribution is 0.0722. The lowest BCUT2D eigenvalue weighted by Gasteiger charge is -2.29. The molecule has 1 fully saturated rings. The largest absolute Gasteiger partial charge is 0.339 e. The van der Waals surface area contributed by atoms with E-state index in [1.54, 1.807) is 18.2 Å². The number of hydrogen-bond donors (Lipinski definition) is 0. The Morgan fingerprint density at radius 1 is 0.977 bits per heavy atom. The minimum absolute atomic E-state index is 0.0431. The van der Waals surface area contributed by atoms with Crippen LogP contribution < -0.4 is 5.56 Å². The van der Waals surface area contributed by atoms with Crippen LogP contribution >= 0.6 is 11.3 Å². The number of thiazole rings is 1. The van der Waals surface area contributed by atoms with E-state index >= 15 is 0 Å². The molecule has 0 bridgehead atoms. The highest BCUT2D eigenvalue weighted by Crippen LogP contribution is 2.35. The maximum atomic E-state index is 14.8. The summed E-state index contributed by atoms with van der Waals surface area (Å²) in [7, 11) is 0. The quantitative estimate of drug-likeness (QED) is 0.189. The van der Waals surface area contributed by atoms with Gasteiger partial charge in [-0.05, 0) is 68.6 Å². The Labute approximate surface area is 262 Å². The normalized spacial score (nSPS) is 13.7. The molecule has 0 radical (unpaired) electrons. The van der Waals surface area contributed by atoms with Crippen molar-refractivity contribution in [3.05, 3.63) is 91.7 Å². The van der Waals surface area contributed by atoms with E-state index < -0.39 is 6.43 Å². The SMILES string of the molecule is CCc1cccc(CC)c1-n1c(CC(C)C)c(C(=O)N2CCCCC2)cc(-c2nc(-c3ccc(C(F)F)cc3)c(C)s2)c1=O. The van der Waals surface area contributed by atoms with E-state index in [0.29, 0.717) is 46.9 Å². The number of nitrogens with zero attached hydrogens (tertiary/aromatic N) is 3. The second-order valence-corrected chi connectivity index (χ2v) is 13.2. The molecule has 0 spiro atoms. The molecule has 232 valence electrons. The van der Waals surface area contributed by atoms with Crippen molar-refractivity contribution in [3.8, 4) is 27.5 Å². The molecule has 3 heterocycles. The number of amides is 1. The Morgan fingerprint density at radius 3 is 2.18 bits per heavy atom. The topological polar surface area (TPSA) is 55.2 Å². The lowest BCUT2D eigenvalue weighted by Crippen LogP contribution is -2.38. The number of aromatic nitrogens is 2. The standard InChI is InChI=1S/C36H41F2N3O2S/c1-6-24-12-11-13-25(7-2)32(24)41-30(20-22(3)4)28(35(42)40-18-9-8-10-19-40)21-29(36(41)43)34-39-31(23(5)44-34)26-14-16-27(17-15-26)33(37)38/h11-17,21-22,33H,6-10,18-20H2,1-5H3. The van der Waals surface area contributed by atoms with E-state index in [9.17, 15) is 18.4 Å². The van der Waals surface area contributed by atoms with Gasteiger partial charge in [-0.3, -0.25) is 14.2 Å². The van der Waals surface area contributed by atoms with Gasteiger partial charge in [-0.2, -0.15) is 0 Å². The maximum Gasteiger partial charge on any atom is 0.265 e. The van der Waals surface area contributed by atoms with Crippen molar-refractivity contribution in [1.29, 1.82) is 0 Å². The van der Waals surface area contributed by atoms with Gasteiger partial charge in [0.05, 0.1) is 22.5 Å². The summed E-state index contributed by atoms with van der Waals surface area (Å²) in [6, 6.07) is 14.1. The number of rotatable bonds is 9. The van der Waals surface area contributed by atoms with Crippen LogP contribution in [0.2, 0.25) is 0 Å². The third kappa shape index (κ3) is 6.27. The number of pyridine rings is 1. The fourth-order valence-corrected chi connectivity index (χ4v) is 7.09. The smallest absolute Gasteiger partial charge is 0.265 e. The van der Waals surface area contributed by atoms with Gasteiger partial charge < -0.3 is 4.90 Å². The molecule has 2 aromatic heterocycles. The Hall–Kier alpha value is -3.65. The van der Waals surface area contributed by atoms with Crippen molar-refractivity contribution in [2.45, 2.75) is 79.6 Å². The van der Waals surface area contributed by atoms with Gasteiger partial charge in [-0.25, -0.2) is 13.8 Å². The van der Waals surface area contributed by atoms with E-state index in [4.69, 9.17) is 4.98 Å². The molecule has 1 aliphatic heterocycles. The number of aryl methyl sites for hydroxylation is 3. The molecule has 0 aliphatic carbocycles. The van der Waals surface area contributed by atoms with Crippen LogP contribution in [0.15, 0.2) is 53.3 Å². The minimum atomic E-state index is -2.55. The van der Waals surface area contributed by atoms with Gasteiger partial charge in [0.15, 0.2) is 0 Å². The van der Waals surface area contributed by atoms with Crippen LogP contribution in [0.25, 0.3) is 27.5 Å². The zero-order valence-corrected chi connectivity index (χ0v) is 27.1. The molecule has 0 saturated carbocycles. The van der Waals surface area contributed by atoms with Crippen LogP contribution in [0.1, 0.15) is 91.0 Å². The summed E-state index contributed by atoms with van der Waals surface area (Å²) in [5.41, 5.74) is 5.77. The third-order valence-electron chi connectivity index (χ3n) is 8.43. The summed E-state index contributed by atoms with van der Waals surface area (Å²) >= 11 is 1.39. The van der Waals surface area contributed by atoms with Gasteiger partial charge in [0.2, 0.25) is 0 Å². The van der Waals surface area contributed by atoms with Crippen molar-refractivity contribution >= 4 is 17.2 Å². The first-order valence-electron chi connectivity index (χ1n) is 15.7. The monoisotopic (exact) mass is 617 g/mol. The van der Waals surface area contributed by atoms with Crippen LogP contribution in [0, 0.1) is 12.8 Å². The van der Waals surface area contributed by atoms with E-state index in [1.807, 2.05) is 22.5 Å². The summed E-state index contributed by atoms with van der Waals surface area (Å²) in [6.45, 7) is 11.7. The molecular formula is C36H41F2N3O2S. The second-order valence-electron chi connectivity index (χ2n) is 12.0. The number of halogens is 2. The van der Waals surface area contributed by atoms with Crippen LogP contribution in [0.3, 0.4) is 0 Å². The molecule has 1 amide bonds. The van der Waals surface area contributed by atoms with Gasteiger partial charge in [0.1, 0.15) is 5.01 Å². The molecule has 1 saturated heterocycles. The van der Waals surface area contributed by atoms with E-state index in [-0.39, 0.29) is 22.9 Å². The highest BCUT2D eigenvalue weighted by molar-refractivity contribution is 7.15. The van der Waals surface area contributed by atoms with Gasteiger partial charge in [-0.1, -0.05) is 70.2 Å². The number of para-hydroxylation sites is 1. The Bertz CT molecular complexity index is 1680. The van der Waals surface area contributed by atoms with Crippen LogP contribution in [0.4, 0.5) is 8.78 Å². The van der Waals surface area contributed by atoms with E-state index in [0.717, 1.165) is 59.5 Å². The average Bonchev–Trinajstić information content (AvgIpc) is 3.41.